The van der Waals surface area contributed by atoms with Crippen molar-refractivity contribution in [3.05, 3.63) is 52.9 Å². The van der Waals surface area contributed by atoms with Crippen LogP contribution in [0.4, 0.5) is 5.82 Å². The molecule has 2 rings (SSSR count). The molecule has 6 nitrogen and oxygen atoms in total. The Balaban J connectivity index is 2.16. The maximum Gasteiger partial charge on any atom is 0.254 e. The molecule has 0 saturated heterocycles. The molecule has 2 heterocycles. The molecule has 0 aliphatic heterocycles. The number of carbonyl (C=O) groups excluding carboxylic acids is 1. The van der Waals surface area contributed by atoms with Gasteiger partial charge in [0.25, 0.3) is 5.91 Å². The van der Waals surface area contributed by atoms with E-state index in [0.717, 1.165) is 5.56 Å². The van der Waals surface area contributed by atoms with Crippen molar-refractivity contribution in [3.63, 3.8) is 0 Å². The highest BCUT2D eigenvalue weighted by atomic mass is 35.5. The van der Waals surface area contributed by atoms with Crippen molar-refractivity contribution in [2.24, 2.45) is 5.84 Å². The fourth-order valence-corrected chi connectivity index (χ4v) is 1.96. The molecule has 0 aliphatic rings. The van der Waals surface area contributed by atoms with Gasteiger partial charge < -0.3 is 10.3 Å². The standard InChI is InChI=1S/C13H14ClN5O/c1-19(8-9-3-2-4-16-7-9)13(20)10-5-11(14)17-12(6-10)18-15/h2-7H,8,15H2,1H3,(H,17,18). The number of rotatable bonds is 4. The number of anilines is 1. The number of amides is 1. The number of carbonyl (C=O) groups is 1. The SMILES string of the molecule is CN(Cc1cccnc1)C(=O)c1cc(Cl)nc(NN)c1. The lowest BCUT2D eigenvalue weighted by Crippen LogP contribution is -2.26. The number of nitrogens with two attached hydrogens (primary N) is 1. The van der Waals surface area contributed by atoms with Gasteiger partial charge in [-0.15, -0.1) is 0 Å². The van der Waals surface area contributed by atoms with E-state index in [9.17, 15) is 4.79 Å². The Morgan fingerprint density at radius 1 is 1.50 bits per heavy atom. The van der Waals surface area contributed by atoms with Gasteiger partial charge in [-0.25, -0.2) is 10.8 Å². The number of pyridine rings is 2. The number of halogens is 1. The van der Waals surface area contributed by atoms with Crippen LogP contribution in [-0.2, 0) is 6.54 Å². The van der Waals surface area contributed by atoms with Crippen LogP contribution in [0.3, 0.4) is 0 Å². The number of nitrogens with zero attached hydrogens (tertiary/aromatic N) is 3. The molecule has 0 radical (unpaired) electrons. The Hall–Kier alpha value is -2.18. The van der Waals surface area contributed by atoms with E-state index in [2.05, 4.69) is 15.4 Å². The lowest BCUT2D eigenvalue weighted by molar-refractivity contribution is 0.0785. The van der Waals surface area contributed by atoms with Crippen LogP contribution in [0.1, 0.15) is 15.9 Å². The molecular weight excluding hydrogens is 278 g/mol. The second-order valence-electron chi connectivity index (χ2n) is 4.23. The van der Waals surface area contributed by atoms with Crippen molar-refractivity contribution in [1.29, 1.82) is 0 Å². The first-order chi connectivity index (χ1) is 9.60. The summed E-state index contributed by atoms with van der Waals surface area (Å²) in [5.41, 5.74) is 3.74. The van der Waals surface area contributed by atoms with Crippen LogP contribution in [0.25, 0.3) is 0 Å². The first-order valence-electron chi connectivity index (χ1n) is 5.88. The summed E-state index contributed by atoms with van der Waals surface area (Å²) >= 11 is 5.85. The second-order valence-corrected chi connectivity index (χ2v) is 4.62. The zero-order chi connectivity index (χ0) is 14.5. The van der Waals surface area contributed by atoms with Gasteiger partial charge in [-0.2, -0.15) is 0 Å². The molecule has 2 aromatic rings. The predicted molar refractivity (Wildman–Crippen MR) is 77.1 cm³/mol. The van der Waals surface area contributed by atoms with E-state index in [0.29, 0.717) is 17.9 Å². The highest BCUT2D eigenvalue weighted by Crippen LogP contribution is 2.16. The topological polar surface area (TPSA) is 84.1 Å². The van der Waals surface area contributed by atoms with Gasteiger partial charge in [0.05, 0.1) is 0 Å². The average molecular weight is 292 g/mol. The molecule has 1 amide bonds. The van der Waals surface area contributed by atoms with Crippen molar-refractivity contribution in [2.45, 2.75) is 6.54 Å². The minimum Gasteiger partial charge on any atom is -0.337 e. The minimum atomic E-state index is -0.172. The Bertz CT molecular complexity index is 605. The summed E-state index contributed by atoms with van der Waals surface area (Å²) in [5, 5.41) is 0.207. The molecular formula is C13H14ClN5O. The molecule has 7 heteroatoms. The van der Waals surface area contributed by atoms with Crippen LogP contribution in [-0.4, -0.2) is 27.8 Å². The van der Waals surface area contributed by atoms with Crippen molar-refractivity contribution >= 4 is 23.3 Å². The van der Waals surface area contributed by atoms with Gasteiger partial charge in [-0.1, -0.05) is 17.7 Å². The molecule has 0 fully saturated rings. The quantitative estimate of drug-likeness (QED) is 0.509. The van der Waals surface area contributed by atoms with Crippen molar-refractivity contribution in [1.82, 2.24) is 14.9 Å². The molecule has 0 atom stereocenters. The van der Waals surface area contributed by atoms with Gasteiger partial charge in [0.1, 0.15) is 11.0 Å². The smallest absolute Gasteiger partial charge is 0.254 e. The lowest BCUT2D eigenvalue weighted by atomic mass is 10.2. The van der Waals surface area contributed by atoms with Gasteiger partial charge in [0, 0.05) is 31.5 Å². The van der Waals surface area contributed by atoms with Gasteiger partial charge in [-0.05, 0) is 23.8 Å². The summed E-state index contributed by atoms with van der Waals surface area (Å²) in [6, 6.07) is 6.79. The number of hydrogen-bond acceptors (Lipinski definition) is 5. The summed E-state index contributed by atoms with van der Waals surface area (Å²) < 4.78 is 0. The Morgan fingerprint density at radius 3 is 2.95 bits per heavy atom. The van der Waals surface area contributed by atoms with Crippen LogP contribution in [0, 0.1) is 0 Å². The number of aromatic nitrogens is 2. The normalized spacial score (nSPS) is 10.2. The molecule has 0 aliphatic carbocycles. The zero-order valence-corrected chi connectivity index (χ0v) is 11.6. The molecule has 2 aromatic heterocycles. The average Bonchev–Trinajstić information content (AvgIpc) is 2.46. The van der Waals surface area contributed by atoms with Gasteiger partial charge >= 0.3 is 0 Å². The summed E-state index contributed by atoms with van der Waals surface area (Å²) in [4.78, 5) is 21.8. The van der Waals surface area contributed by atoms with Crippen molar-refractivity contribution < 1.29 is 4.79 Å². The Morgan fingerprint density at radius 2 is 2.30 bits per heavy atom. The summed E-state index contributed by atoms with van der Waals surface area (Å²) in [7, 11) is 1.71. The highest BCUT2D eigenvalue weighted by Gasteiger charge is 2.14. The van der Waals surface area contributed by atoms with Gasteiger partial charge in [-0.3, -0.25) is 9.78 Å². The molecule has 20 heavy (non-hydrogen) atoms. The van der Waals surface area contributed by atoms with Crippen LogP contribution >= 0.6 is 11.6 Å². The lowest BCUT2D eigenvalue weighted by Gasteiger charge is -2.17. The molecule has 0 aromatic carbocycles. The van der Waals surface area contributed by atoms with E-state index in [-0.39, 0.29) is 11.1 Å². The first kappa shape index (κ1) is 14.2. The third-order valence-corrected chi connectivity index (χ3v) is 2.87. The van der Waals surface area contributed by atoms with Crippen molar-refractivity contribution in [2.75, 3.05) is 12.5 Å². The van der Waals surface area contributed by atoms with E-state index in [1.165, 1.54) is 6.07 Å². The minimum absolute atomic E-state index is 0.172. The molecule has 0 bridgehead atoms. The number of nitrogens with one attached hydrogen (secondary N) is 1. The van der Waals surface area contributed by atoms with Crippen molar-refractivity contribution in [3.8, 4) is 0 Å². The third kappa shape index (κ3) is 3.43. The number of hydrazine groups is 1. The number of nitrogen functional groups attached to an aromatic ring is 1. The highest BCUT2D eigenvalue weighted by molar-refractivity contribution is 6.29. The Kier molecular flexibility index (Phi) is 4.49. The van der Waals surface area contributed by atoms with E-state index in [1.807, 2.05) is 12.1 Å². The fourth-order valence-electron chi connectivity index (χ4n) is 1.75. The van der Waals surface area contributed by atoms with Crippen LogP contribution in [0.5, 0.6) is 0 Å². The summed E-state index contributed by atoms with van der Waals surface area (Å²) in [6.07, 6.45) is 3.41. The van der Waals surface area contributed by atoms with E-state index in [1.54, 1.807) is 30.4 Å². The van der Waals surface area contributed by atoms with Crippen LogP contribution < -0.4 is 11.3 Å². The van der Waals surface area contributed by atoms with Gasteiger partial charge in [0.2, 0.25) is 0 Å². The zero-order valence-electron chi connectivity index (χ0n) is 10.9. The number of hydrogen-bond donors (Lipinski definition) is 2. The molecule has 104 valence electrons. The van der Waals surface area contributed by atoms with E-state index < -0.39 is 0 Å². The first-order valence-corrected chi connectivity index (χ1v) is 6.26. The second kappa shape index (κ2) is 6.31. The van der Waals surface area contributed by atoms with Gasteiger partial charge in [0.15, 0.2) is 0 Å². The third-order valence-electron chi connectivity index (χ3n) is 2.68. The summed E-state index contributed by atoms with van der Waals surface area (Å²) in [5.74, 6) is 5.45. The van der Waals surface area contributed by atoms with E-state index >= 15 is 0 Å². The molecule has 0 unspecified atom stereocenters. The summed E-state index contributed by atoms with van der Waals surface area (Å²) in [6.45, 7) is 0.456. The predicted octanol–water partition coefficient (Wildman–Crippen LogP) is 1.69. The monoisotopic (exact) mass is 291 g/mol. The molecule has 0 saturated carbocycles. The fraction of sp³-hybridized carbons (Fsp3) is 0.154. The molecule has 0 spiro atoms. The van der Waals surface area contributed by atoms with Crippen LogP contribution in [0.15, 0.2) is 36.7 Å². The Labute approximate surface area is 121 Å². The largest absolute Gasteiger partial charge is 0.337 e. The maximum atomic E-state index is 12.3. The maximum absolute atomic E-state index is 12.3. The van der Waals surface area contributed by atoms with Crippen LogP contribution in [0.2, 0.25) is 5.15 Å². The molecule has 3 N–H and O–H groups in total. The van der Waals surface area contributed by atoms with E-state index in [4.69, 9.17) is 17.4 Å².